The van der Waals surface area contributed by atoms with Crippen LogP contribution in [-0.2, 0) is 4.79 Å². The first kappa shape index (κ1) is 10.3. The van der Waals surface area contributed by atoms with Crippen molar-refractivity contribution in [1.29, 1.82) is 0 Å². The normalized spacial score (nSPS) is 27.8. The minimum atomic E-state index is 0.0722. The molecular formula is C8H13BrClNO. The first-order valence-electron chi connectivity index (χ1n) is 4.19. The van der Waals surface area contributed by atoms with Crippen LogP contribution in [-0.4, -0.2) is 23.2 Å². The van der Waals surface area contributed by atoms with Crippen molar-refractivity contribution >= 4 is 33.4 Å². The third-order valence-corrected chi connectivity index (χ3v) is 3.02. The van der Waals surface area contributed by atoms with Crippen LogP contribution in [0.1, 0.15) is 19.3 Å². The molecule has 0 atom stereocenters. The van der Waals surface area contributed by atoms with E-state index in [0.717, 1.165) is 6.54 Å². The van der Waals surface area contributed by atoms with Crippen molar-refractivity contribution in [2.75, 3.05) is 12.4 Å². The Morgan fingerprint density at radius 1 is 1.58 bits per heavy atom. The van der Waals surface area contributed by atoms with E-state index in [4.69, 9.17) is 11.6 Å². The van der Waals surface area contributed by atoms with Gasteiger partial charge in [0.1, 0.15) is 0 Å². The Bertz CT molecular complexity index is 159. The molecule has 0 heterocycles. The third-order valence-electron chi connectivity index (χ3n) is 2.09. The Morgan fingerprint density at radius 2 is 2.25 bits per heavy atom. The van der Waals surface area contributed by atoms with Crippen LogP contribution in [0, 0.1) is 5.92 Å². The Labute approximate surface area is 86.2 Å². The summed E-state index contributed by atoms with van der Waals surface area (Å²) in [5, 5.41) is 2.86. The summed E-state index contributed by atoms with van der Waals surface area (Å²) in [6.07, 6.45) is 2.80. The number of amides is 1. The van der Waals surface area contributed by atoms with Gasteiger partial charge in [0.05, 0.1) is 0 Å². The van der Waals surface area contributed by atoms with Crippen molar-refractivity contribution in [1.82, 2.24) is 5.32 Å². The summed E-state index contributed by atoms with van der Waals surface area (Å²) in [6, 6.07) is 0. The molecule has 0 spiro atoms. The monoisotopic (exact) mass is 253 g/mol. The minimum absolute atomic E-state index is 0.0722. The predicted octanol–water partition coefficient (Wildman–Crippen LogP) is 1.91. The van der Waals surface area contributed by atoms with E-state index in [9.17, 15) is 4.79 Å². The molecule has 1 aliphatic carbocycles. The smallest absolute Gasteiger partial charge is 0.221 e. The zero-order valence-electron chi connectivity index (χ0n) is 6.85. The van der Waals surface area contributed by atoms with Gasteiger partial charge < -0.3 is 5.32 Å². The average Bonchev–Trinajstić information content (AvgIpc) is 1.96. The van der Waals surface area contributed by atoms with E-state index in [1.54, 1.807) is 0 Å². The van der Waals surface area contributed by atoms with Gasteiger partial charge >= 0.3 is 0 Å². The molecule has 0 bridgehead atoms. The molecule has 0 aromatic heterocycles. The highest BCUT2D eigenvalue weighted by Crippen LogP contribution is 2.32. The van der Waals surface area contributed by atoms with Gasteiger partial charge in [-0.1, -0.05) is 15.9 Å². The molecule has 0 saturated heterocycles. The molecule has 12 heavy (non-hydrogen) atoms. The van der Waals surface area contributed by atoms with Gasteiger partial charge in [0.15, 0.2) is 0 Å². The maximum Gasteiger partial charge on any atom is 0.221 e. The van der Waals surface area contributed by atoms with Crippen LogP contribution in [0.5, 0.6) is 0 Å². The molecule has 70 valence electrons. The lowest BCUT2D eigenvalue weighted by atomic mass is 9.85. The van der Waals surface area contributed by atoms with Gasteiger partial charge in [-0.2, -0.15) is 0 Å². The topological polar surface area (TPSA) is 29.1 Å². The van der Waals surface area contributed by atoms with Crippen LogP contribution in [0.3, 0.4) is 0 Å². The van der Waals surface area contributed by atoms with E-state index in [-0.39, 0.29) is 5.91 Å². The lowest BCUT2D eigenvalue weighted by Crippen LogP contribution is -2.36. The zero-order chi connectivity index (χ0) is 8.97. The van der Waals surface area contributed by atoms with E-state index in [2.05, 4.69) is 21.2 Å². The van der Waals surface area contributed by atoms with Gasteiger partial charge in [-0.15, -0.1) is 11.6 Å². The van der Waals surface area contributed by atoms with E-state index >= 15 is 0 Å². The molecule has 1 amide bonds. The molecule has 1 aliphatic rings. The highest BCUT2D eigenvalue weighted by molar-refractivity contribution is 9.09. The van der Waals surface area contributed by atoms with Crippen LogP contribution in [0.4, 0.5) is 0 Å². The lowest BCUT2D eigenvalue weighted by molar-refractivity contribution is -0.121. The lowest BCUT2D eigenvalue weighted by Gasteiger charge is -2.31. The van der Waals surface area contributed by atoms with Crippen molar-refractivity contribution in [2.45, 2.75) is 24.1 Å². The van der Waals surface area contributed by atoms with E-state index in [0.29, 0.717) is 23.0 Å². The SMILES string of the molecule is O=C(CCCl)NCC1CC(Br)C1. The highest BCUT2D eigenvalue weighted by atomic mass is 79.9. The van der Waals surface area contributed by atoms with Gasteiger partial charge in [-0.25, -0.2) is 0 Å². The maximum absolute atomic E-state index is 11.0. The van der Waals surface area contributed by atoms with Crippen molar-refractivity contribution in [3.05, 3.63) is 0 Å². The Kier molecular flexibility index (Phi) is 4.36. The molecule has 1 N–H and O–H groups in total. The van der Waals surface area contributed by atoms with Crippen LogP contribution in [0.25, 0.3) is 0 Å². The van der Waals surface area contributed by atoms with E-state index in [1.807, 2.05) is 0 Å². The summed E-state index contributed by atoms with van der Waals surface area (Å²) in [5.41, 5.74) is 0. The number of nitrogens with one attached hydrogen (secondary N) is 1. The largest absolute Gasteiger partial charge is 0.356 e. The number of carbonyl (C=O) groups is 1. The summed E-state index contributed by atoms with van der Waals surface area (Å²) in [4.78, 5) is 11.6. The minimum Gasteiger partial charge on any atom is -0.356 e. The fourth-order valence-corrected chi connectivity index (χ4v) is 2.48. The van der Waals surface area contributed by atoms with E-state index in [1.165, 1.54) is 12.8 Å². The van der Waals surface area contributed by atoms with Crippen LogP contribution in [0.15, 0.2) is 0 Å². The second-order valence-electron chi connectivity index (χ2n) is 3.18. The van der Waals surface area contributed by atoms with Crippen LogP contribution >= 0.6 is 27.5 Å². The fraction of sp³-hybridized carbons (Fsp3) is 0.875. The first-order chi connectivity index (χ1) is 5.72. The van der Waals surface area contributed by atoms with Crippen molar-refractivity contribution in [3.8, 4) is 0 Å². The molecule has 1 rings (SSSR count). The molecule has 4 heteroatoms. The molecule has 0 aromatic carbocycles. The molecule has 0 radical (unpaired) electrons. The van der Waals surface area contributed by atoms with Gasteiger partial charge in [-0.3, -0.25) is 4.79 Å². The zero-order valence-corrected chi connectivity index (χ0v) is 9.20. The Morgan fingerprint density at radius 3 is 2.75 bits per heavy atom. The summed E-state index contributed by atoms with van der Waals surface area (Å²) >= 11 is 8.92. The van der Waals surface area contributed by atoms with Gasteiger partial charge in [0.2, 0.25) is 5.91 Å². The number of hydrogen-bond acceptors (Lipinski definition) is 1. The van der Waals surface area contributed by atoms with E-state index < -0.39 is 0 Å². The third kappa shape index (κ3) is 3.31. The number of carbonyl (C=O) groups excluding carboxylic acids is 1. The summed E-state index contributed by atoms with van der Waals surface area (Å²) in [5.74, 6) is 1.16. The van der Waals surface area contributed by atoms with Crippen molar-refractivity contribution < 1.29 is 4.79 Å². The summed E-state index contributed by atoms with van der Waals surface area (Å²) in [7, 11) is 0. The molecule has 0 aromatic rings. The molecule has 1 saturated carbocycles. The first-order valence-corrected chi connectivity index (χ1v) is 5.64. The fourth-order valence-electron chi connectivity index (χ4n) is 1.25. The molecule has 1 fully saturated rings. The molecule has 0 unspecified atom stereocenters. The Balaban J connectivity index is 1.98. The number of halogens is 2. The second kappa shape index (κ2) is 5.07. The second-order valence-corrected chi connectivity index (χ2v) is 4.85. The number of rotatable bonds is 4. The predicted molar refractivity (Wildman–Crippen MR) is 53.8 cm³/mol. The average molecular weight is 255 g/mol. The standard InChI is InChI=1S/C8H13BrClNO/c9-7-3-6(4-7)5-11-8(12)1-2-10/h6-7H,1-5H2,(H,11,12). The molecular weight excluding hydrogens is 241 g/mol. The summed E-state index contributed by atoms with van der Waals surface area (Å²) < 4.78 is 0. The van der Waals surface area contributed by atoms with Crippen LogP contribution in [0.2, 0.25) is 0 Å². The quantitative estimate of drug-likeness (QED) is 0.763. The summed E-state index contributed by atoms with van der Waals surface area (Å²) in [6.45, 7) is 0.817. The van der Waals surface area contributed by atoms with Gasteiger partial charge in [0, 0.05) is 23.7 Å². The van der Waals surface area contributed by atoms with Gasteiger partial charge in [0.25, 0.3) is 0 Å². The molecule has 2 nitrogen and oxygen atoms in total. The van der Waals surface area contributed by atoms with Crippen molar-refractivity contribution in [3.63, 3.8) is 0 Å². The number of alkyl halides is 2. The van der Waals surface area contributed by atoms with Gasteiger partial charge in [-0.05, 0) is 18.8 Å². The molecule has 0 aliphatic heterocycles. The van der Waals surface area contributed by atoms with Crippen molar-refractivity contribution in [2.24, 2.45) is 5.92 Å². The maximum atomic E-state index is 11.0. The highest BCUT2D eigenvalue weighted by Gasteiger charge is 2.26. The Hall–Kier alpha value is 0.240. The van der Waals surface area contributed by atoms with Crippen LogP contribution < -0.4 is 5.32 Å². The number of hydrogen-bond donors (Lipinski definition) is 1.